The van der Waals surface area contributed by atoms with Crippen molar-refractivity contribution < 1.29 is 19.1 Å². The molecule has 2 atom stereocenters. The number of aromatic nitrogens is 2. The molecule has 3 rings (SSSR count). The monoisotopic (exact) mass is 408 g/mol. The number of hydrogen-bond acceptors (Lipinski definition) is 6. The Morgan fingerprint density at radius 1 is 1.39 bits per heavy atom. The zero-order valence-electron chi connectivity index (χ0n) is 15.9. The summed E-state index contributed by atoms with van der Waals surface area (Å²) in [5, 5.41) is 7.14. The minimum Gasteiger partial charge on any atom is -0.462 e. The summed E-state index contributed by atoms with van der Waals surface area (Å²) in [5.74, 6) is -0.592. The lowest BCUT2D eigenvalue weighted by Crippen LogP contribution is -2.29. The molecule has 1 aliphatic heterocycles. The van der Waals surface area contributed by atoms with Gasteiger partial charge in [0.2, 0.25) is 0 Å². The lowest BCUT2D eigenvalue weighted by atomic mass is 10.2. The number of rotatable bonds is 6. The van der Waals surface area contributed by atoms with Crippen molar-refractivity contribution in [2.45, 2.75) is 38.9 Å². The number of carbonyl (C=O) groups excluding carboxylic acids is 2. The van der Waals surface area contributed by atoms with Crippen LogP contribution in [0.5, 0.6) is 0 Å². The minimum atomic E-state index is -0.482. The first-order valence-corrected chi connectivity index (χ1v) is 9.02. The highest BCUT2D eigenvalue weighted by Gasteiger charge is 2.29. The summed E-state index contributed by atoms with van der Waals surface area (Å²) in [6.07, 6.45) is 2.40. The molecule has 3 N–H and O–H groups in total. The van der Waals surface area contributed by atoms with E-state index in [1.54, 1.807) is 30.7 Å². The van der Waals surface area contributed by atoms with E-state index in [9.17, 15) is 9.59 Å². The Morgan fingerprint density at radius 3 is 2.86 bits per heavy atom. The van der Waals surface area contributed by atoms with Gasteiger partial charge in [0.1, 0.15) is 11.7 Å². The molecule has 28 heavy (non-hydrogen) atoms. The van der Waals surface area contributed by atoms with Crippen molar-refractivity contribution >= 4 is 30.0 Å². The van der Waals surface area contributed by atoms with Gasteiger partial charge in [-0.15, -0.1) is 12.4 Å². The average Bonchev–Trinajstić information content (AvgIpc) is 3.29. The first-order valence-electron chi connectivity index (χ1n) is 9.02. The quantitative estimate of drug-likeness (QED) is 0.709. The summed E-state index contributed by atoms with van der Waals surface area (Å²) in [5.41, 5.74) is 8.03. The molecule has 1 saturated heterocycles. The van der Waals surface area contributed by atoms with Gasteiger partial charge in [0, 0.05) is 12.2 Å². The van der Waals surface area contributed by atoms with E-state index in [1.165, 1.54) is 6.20 Å². The highest BCUT2D eigenvalue weighted by molar-refractivity contribution is 5.94. The van der Waals surface area contributed by atoms with Crippen LogP contribution < -0.4 is 11.1 Å². The van der Waals surface area contributed by atoms with Crippen LogP contribution in [-0.4, -0.2) is 47.0 Å². The zero-order valence-corrected chi connectivity index (χ0v) is 16.7. The first-order chi connectivity index (χ1) is 13.0. The van der Waals surface area contributed by atoms with E-state index in [0.717, 1.165) is 12.1 Å². The molecule has 1 amide bonds. The van der Waals surface area contributed by atoms with Crippen LogP contribution in [0.25, 0.3) is 5.69 Å². The summed E-state index contributed by atoms with van der Waals surface area (Å²) in [6, 6.07) is 7.25. The third kappa shape index (κ3) is 4.70. The molecular formula is C19H25ClN4O4. The summed E-state index contributed by atoms with van der Waals surface area (Å²) < 4.78 is 12.3. The molecule has 152 valence electrons. The predicted octanol–water partition coefficient (Wildman–Crippen LogP) is 2.22. The number of nitrogens with zero attached hydrogens (tertiary/aromatic N) is 2. The lowest BCUT2D eigenvalue weighted by Gasteiger charge is -2.13. The molecule has 1 aliphatic rings. The fourth-order valence-electron chi connectivity index (χ4n) is 3.09. The third-order valence-electron chi connectivity index (χ3n) is 4.53. The van der Waals surface area contributed by atoms with Crippen molar-refractivity contribution in [1.29, 1.82) is 0 Å². The second kappa shape index (κ2) is 9.68. The van der Waals surface area contributed by atoms with E-state index in [4.69, 9.17) is 15.2 Å². The molecule has 0 aliphatic carbocycles. The molecule has 0 bridgehead atoms. The molecule has 1 aromatic heterocycles. The van der Waals surface area contributed by atoms with Gasteiger partial charge in [-0.05, 0) is 44.9 Å². The number of benzene rings is 1. The summed E-state index contributed by atoms with van der Waals surface area (Å²) in [4.78, 5) is 24.4. The molecule has 2 aromatic rings. The number of anilines is 1. The lowest BCUT2D eigenvalue weighted by molar-refractivity contribution is -0.126. The van der Waals surface area contributed by atoms with Crippen LogP contribution in [0.15, 0.2) is 30.5 Å². The van der Waals surface area contributed by atoms with Crippen molar-refractivity contribution in [3.8, 4) is 5.69 Å². The minimum absolute atomic E-state index is 0. The van der Waals surface area contributed by atoms with Gasteiger partial charge in [0.25, 0.3) is 5.91 Å². The molecule has 0 unspecified atom stereocenters. The standard InChI is InChI=1S/C19H24N4O4.ClH/c1-3-26-19(25)16-11-21-23(12(16)2)14-6-4-5-13(9-14)22-18(24)17-8-7-15(10-20)27-17;/h4-6,9,11,15,17H,3,7-8,10,20H2,1-2H3,(H,22,24);1H/t15-,17+;/m1./s1. The van der Waals surface area contributed by atoms with Gasteiger partial charge in [-0.3, -0.25) is 4.79 Å². The number of halogens is 1. The second-order valence-electron chi connectivity index (χ2n) is 6.38. The van der Waals surface area contributed by atoms with Gasteiger partial charge in [-0.1, -0.05) is 6.07 Å². The third-order valence-corrected chi connectivity index (χ3v) is 4.53. The van der Waals surface area contributed by atoms with Crippen LogP contribution in [0.2, 0.25) is 0 Å². The van der Waals surface area contributed by atoms with Gasteiger partial charge in [0.05, 0.1) is 30.3 Å². The fraction of sp³-hybridized carbons (Fsp3) is 0.421. The van der Waals surface area contributed by atoms with Crippen molar-refractivity contribution in [1.82, 2.24) is 9.78 Å². The van der Waals surface area contributed by atoms with Crippen molar-refractivity contribution in [3.63, 3.8) is 0 Å². The van der Waals surface area contributed by atoms with Gasteiger partial charge >= 0.3 is 5.97 Å². The van der Waals surface area contributed by atoms with E-state index in [2.05, 4.69) is 10.4 Å². The molecule has 1 fully saturated rings. The Hall–Kier alpha value is -2.42. The van der Waals surface area contributed by atoms with Crippen LogP contribution in [0.3, 0.4) is 0 Å². The van der Waals surface area contributed by atoms with Crippen LogP contribution in [0.1, 0.15) is 35.8 Å². The van der Waals surface area contributed by atoms with E-state index >= 15 is 0 Å². The van der Waals surface area contributed by atoms with E-state index in [0.29, 0.717) is 36.5 Å². The van der Waals surface area contributed by atoms with Crippen LogP contribution in [0, 0.1) is 6.92 Å². The van der Waals surface area contributed by atoms with Crippen LogP contribution >= 0.6 is 12.4 Å². The smallest absolute Gasteiger partial charge is 0.341 e. The molecule has 2 heterocycles. The maximum atomic E-state index is 12.4. The first kappa shape index (κ1) is 21.9. The predicted molar refractivity (Wildman–Crippen MR) is 107 cm³/mol. The van der Waals surface area contributed by atoms with Crippen molar-refractivity contribution in [2.24, 2.45) is 5.73 Å². The Bertz CT molecular complexity index is 839. The molecule has 0 radical (unpaired) electrons. The number of hydrogen-bond donors (Lipinski definition) is 2. The van der Waals surface area contributed by atoms with E-state index < -0.39 is 12.1 Å². The molecule has 9 heteroatoms. The Morgan fingerprint density at radius 2 is 2.18 bits per heavy atom. The maximum absolute atomic E-state index is 12.4. The highest BCUT2D eigenvalue weighted by atomic mass is 35.5. The molecule has 0 saturated carbocycles. The van der Waals surface area contributed by atoms with Crippen LogP contribution in [0.4, 0.5) is 5.69 Å². The Balaban J connectivity index is 0.00000280. The number of nitrogens with two attached hydrogens (primary N) is 1. The summed E-state index contributed by atoms with van der Waals surface area (Å²) >= 11 is 0. The van der Waals surface area contributed by atoms with Gasteiger partial charge in [0.15, 0.2) is 0 Å². The number of carbonyl (C=O) groups is 2. The van der Waals surface area contributed by atoms with Crippen molar-refractivity contribution in [2.75, 3.05) is 18.5 Å². The number of ether oxygens (including phenoxy) is 2. The maximum Gasteiger partial charge on any atom is 0.341 e. The molecule has 1 aromatic carbocycles. The summed E-state index contributed by atoms with van der Waals surface area (Å²) in [6.45, 7) is 4.28. The normalized spacial score (nSPS) is 18.4. The van der Waals surface area contributed by atoms with Gasteiger partial charge in [-0.25, -0.2) is 9.48 Å². The highest BCUT2D eigenvalue weighted by Crippen LogP contribution is 2.22. The number of esters is 1. The zero-order chi connectivity index (χ0) is 19.4. The van der Waals surface area contributed by atoms with E-state index in [1.807, 2.05) is 12.1 Å². The Kier molecular flexibility index (Phi) is 7.56. The molecule has 8 nitrogen and oxygen atoms in total. The molecule has 0 spiro atoms. The molecular weight excluding hydrogens is 384 g/mol. The SMILES string of the molecule is CCOC(=O)c1cnn(-c2cccc(NC(=O)[C@@H]3CC[C@H](CN)O3)c2)c1C.Cl. The largest absolute Gasteiger partial charge is 0.462 e. The summed E-state index contributed by atoms with van der Waals surface area (Å²) in [7, 11) is 0. The average molecular weight is 409 g/mol. The van der Waals surface area contributed by atoms with E-state index in [-0.39, 0.29) is 24.4 Å². The van der Waals surface area contributed by atoms with Gasteiger partial charge < -0.3 is 20.5 Å². The van der Waals surface area contributed by atoms with Crippen LogP contribution in [-0.2, 0) is 14.3 Å². The Labute approximate surface area is 169 Å². The number of amides is 1. The van der Waals surface area contributed by atoms with Gasteiger partial charge in [-0.2, -0.15) is 5.10 Å². The topological polar surface area (TPSA) is 108 Å². The fourth-order valence-corrected chi connectivity index (χ4v) is 3.09. The van der Waals surface area contributed by atoms with Crippen molar-refractivity contribution in [3.05, 3.63) is 41.7 Å². The second-order valence-corrected chi connectivity index (χ2v) is 6.38. The number of nitrogens with one attached hydrogen (secondary N) is 1.